The Kier molecular flexibility index (Phi) is 8.08. The molecule has 1 fully saturated rings. The van der Waals surface area contributed by atoms with Gasteiger partial charge in [-0.05, 0) is 54.6 Å². The third-order valence-electron chi connectivity index (χ3n) is 4.50. The van der Waals surface area contributed by atoms with E-state index in [-0.39, 0.29) is 11.5 Å². The van der Waals surface area contributed by atoms with Gasteiger partial charge in [0.15, 0.2) is 11.5 Å². The van der Waals surface area contributed by atoms with E-state index in [0.29, 0.717) is 32.2 Å². The van der Waals surface area contributed by atoms with Crippen molar-refractivity contribution >= 4 is 68.1 Å². The van der Waals surface area contributed by atoms with Crippen LogP contribution in [0.15, 0.2) is 39.7 Å². The number of carbonyl (C=O) groups is 3. The Balaban J connectivity index is 1.83. The second-order valence-corrected chi connectivity index (χ2v) is 9.14. The van der Waals surface area contributed by atoms with Crippen LogP contribution in [0.1, 0.15) is 11.1 Å². The van der Waals surface area contributed by atoms with E-state index < -0.39 is 23.6 Å². The van der Waals surface area contributed by atoms with Crippen molar-refractivity contribution < 1.29 is 23.9 Å². The molecule has 1 N–H and O–H groups in total. The van der Waals surface area contributed by atoms with Gasteiger partial charge in [-0.3, -0.25) is 19.3 Å². The molecule has 170 valence electrons. The molecule has 0 radical (unpaired) electrons. The molecule has 0 atom stereocenters. The number of ether oxygens (including phenoxy) is 2. The quantitative estimate of drug-likeness (QED) is 0.382. The summed E-state index contributed by atoms with van der Waals surface area (Å²) in [5, 5.41) is 2.58. The summed E-state index contributed by atoms with van der Waals surface area (Å²) >= 11 is 10.1. The highest BCUT2D eigenvalue weighted by Crippen LogP contribution is 2.39. The van der Waals surface area contributed by atoms with E-state index in [0.717, 1.165) is 22.2 Å². The highest BCUT2D eigenvalue weighted by molar-refractivity contribution is 9.10. The number of imide groups is 1. The van der Waals surface area contributed by atoms with Gasteiger partial charge in [0.2, 0.25) is 5.91 Å². The van der Waals surface area contributed by atoms with E-state index >= 15 is 0 Å². The Morgan fingerprint density at radius 2 is 2.09 bits per heavy atom. The summed E-state index contributed by atoms with van der Waals surface area (Å²) in [6.45, 7) is 1.36. The molecule has 7 nitrogen and oxygen atoms in total. The molecule has 1 aliphatic heterocycles. The maximum absolute atomic E-state index is 12.9. The molecule has 10 heteroatoms. The van der Waals surface area contributed by atoms with Gasteiger partial charge in [-0.25, -0.2) is 0 Å². The van der Waals surface area contributed by atoms with Crippen molar-refractivity contribution in [3.05, 3.63) is 55.9 Å². The van der Waals surface area contributed by atoms with Crippen molar-refractivity contribution in [1.29, 1.82) is 0 Å². The first-order valence-electron chi connectivity index (χ1n) is 9.48. The van der Waals surface area contributed by atoms with Gasteiger partial charge in [-0.15, -0.1) is 6.42 Å². The minimum atomic E-state index is -0.593. The molecule has 33 heavy (non-hydrogen) atoms. The summed E-state index contributed by atoms with van der Waals surface area (Å²) in [6, 6.07) is 8.45. The van der Waals surface area contributed by atoms with Crippen LogP contribution in [0.5, 0.6) is 11.5 Å². The van der Waals surface area contributed by atoms with E-state index in [2.05, 4.69) is 27.2 Å². The molecular weight excluding hydrogens is 532 g/mol. The molecule has 2 aromatic carbocycles. The lowest BCUT2D eigenvalue weighted by molar-refractivity contribution is -0.127. The van der Waals surface area contributed by atoms with Crippen molar-refractivity contribution in [3.63, 3.8) is 0 Å². The molecule has 1 saturated heterocycles. The van der Waals surface area contributed by atoms with Crippen LogP contribution in [0, 0.1) is 19.3 Å². The molecular formula is C23H18BrClN2O5S. The predicted octanol–water partition coefficient (Wildman–Crippen LogP) is 5.11. The lowest BCUT2D eigenvalue weighted by Crippen LogP contribution is -2.36. The number of hydrogen-bond donors (Lipinski definition) is 1. The van der Waals surface area contributed by atoms with E-state index in [1.54, 1.807) is 37.3 Å². The highest BCUT2D eigenvalue weighted by Gasteiger charge is 2.36. The summed E-state index contributed by atoms with van der Waals surface area (Å²) in [5.74, 6) is 2.00. The number of nitrogens with one attached hydrogen (secondary N) is 1. The van der Waals surface area contributed by atoms with Gasteiger partial charge < -0.3 is 14.8 Å². The molecule has 0 aliphatic carbocycles. The zero-order chi connectivity index (χ0) is 24.1. The number of hydrogen-bond acceptors (Lipinski definition) is 6. The minimum Gasteiger partial charge on any atom is -0.493 e. The molecule has 0 spiro atoms. The van der Waals surface area contributed by atoms with Crippen LogP contribution < -0.4 is 14.8 Å². The number of anilines is 1. The summed E-state index contributed by atoms with van der Waals surface area (Å²) in [4.78, 5) is 38.9. The number of rotatable bonds is 7. The third kappa shape index (κ3) is 5.90. The monoisotopic (exact) mass is 548 g/mol. The average molecular weight is 550 g/mol. The van der Waals surface area contributed by atoms with Crippen LogP contribution in [0.25, 0.3) is 6.08 Å². The average Bonchev–Trinajstić information content (AvgIpc) is 3.02. The standard InChI is InChI=1S/C23H18BrClN2O5S/c1-4-7-32-21-14(8-15(24)10-18(21)31-3)9-19-22(29)27(23(30)33-19)12-20(28)26-17-11-16(25)6-5-13(17)2/h1,5-6,8-11H,7,12H2,2-3H3,(H,26,28)/b19-9+. The predicted molar refractivity (Wildman–Crippen MR) is 133 cm³/mol. The molecule has 3 rings (SSSR count). The Bertz CT molecular complexity index is 1210. The van der Waals surface area contributed by atoms with Gasteiger partial charge in [-0.1, -0.05) is 39.5 Å². The van der Waals surface area contributed by atoms with E-state index in [4.69, 9.17) is 27.5 Å². The lowest BCUT2D eigenvalue weighted by atomic mass is 10.1. The van der Waals surface area contributed by atoms with Gasteiger partial charge in [0.05, 0.1) is 12.0 Å². The normalized spacial score (nSPS) is 14.4. The molecule has 0 unspecified atom stereocenters. The fourth-order valence-corrected chi connectivity index (χ4v) is 4.41. The second-order valence-electron chi connectivity index (χ2n) is 6.79. The summed E-state index contributed by atoms with van der Waals surface area (Å²) in [5.41, 5.74) is 1.79. The van der Waals surface area contributed by atoms with Gasteiger partial charge in [0.25, 0.3) is 11.1 Å². The van der Waals surface area contributed by atoms with Gasteiger partial charge in [0.1, 0.15) is 13.2 Å². The number of nitrogens with zero attached hydrogens (tertiary/aromatic N) is 1. The molecule has 3 amide bonds. The smallest absolute Gasteiger partial charge is 0.294 e. The largest absolute Gasteiger partial charge is 0.493 e. The SMILES string of the molecule is C#CCOc1c(/C=C2/SC(=O)N(CC(=O)Nc3cc(Cl)ccc3C)C2=O)cc(Br)cc1OC. The molecule has 0 bridgehead atoms. The Morgan fingerprint density at radius 3 is 2.79 bits per heavy atom. The first-order valence-corrected chi connectivity index (χ1v) is 11.5. The fourth-order valence-electron chi connectivity index (χ4n) is 2.96. The Morgan fingerprint density at radius 1 is 1.33 bits per heavy atom. The van der Waals surface area contributed by atoms with Crippen molar-refractivity contribution in [2.24, 2.45) is 0 Å². The van der Waals surface area contributed by atoms with Crippen molar-refractivity contribution in [3.8, 4) is 23.8 Å². The van der Waals surface area contributed by atoms with E-state index in [9.17, 15) is 14.4 Å². The highest BCUT2D eigenvalue weighted by atomic mass is 79.9. The molecule has 0 saturated carbocycles. The zero-order valence-corrected chi connectivity index (χ0v) is 20.8. The number of aryl methyl sites for hydroxylation is 1. The molecule has 1 aliphatic rings. The number of thioether (sulfide) groups is 1. The Labute approximate surface area is 208 Å². The second kappa shape index (κ2) is 10.8. The van der Waals surface area contributed by atoms with Gasteiger partial charge in [-0.2, -0.15) is 0 Å². The molecule has 1 heterocycles. The van der Waals surface area contributed by atoms with Crippen LogP contribution in [0.2, 0.25) is 5.02 Å². The minimum absolute atomic E-state index is 0.0105. The number of amides is 3. The topological polar surface area (TPSA) is 84.9 Å². The maximum Gasteiger partial charge on any atom is 0.294 e. The van der Waals surface area contributed by atoms with Gasteiger partial charge in [0, 0.05) is 20.7 Å². The van der Waals surface area contributed by atoms with Crippen LogP contribution in [-0.2, 0) is 9.59 Å². The first kappa shape index (κ1) is 24.7. The zero-order valence-electron chi connectivity index (χ0n) is 17.6. The van der Waals surface area contributed by atoms with Crippen molar-refractivity contribution in [2.45, 2.75) is 6.92 Å². The van der Waals surface area contributed by atoms with Crippen LogP contribution in [-0.4, -0.2) is 42.2 Å². The van der Waals surface area contributed by atoms with Crippen molar-refractivity contribution in [2.75, 3.05) is 25.6 Å². The molecule has 2 aromatic rings. The van der Waals surface area contributed by atoms with E-state index in [1.807, 2.05) is 0 Å². The summed E-state index contributed by atoms with van der Waals surface area (Å²) in [6.07, 6.45) is 6.80. The fraction of sp³-hybridized carbons (Fsp3) is 0.174. The van der Waals surface area contributed by atoms with Gasteiger partial charge >= 0.3 is 0 Å². The number of carbonyl (C=O) groups excluding carboxylic acids is 3. The lowest BCUT2D eigenvalue weighted by Gasteiger charge is -2.14. The number of benzene rings is 2. The van der Waals surface area contributed by atoms with E-state index in [1.165, 1.54) is 13.2 Å². The Hall–Kier alpha value is -2.93. The van der Waals surface area contributed by atoms with Crippen LogP contribution in [0.4, 0.5) is 10.5 Å². The third-order valence-corrected chi connectivity index (χ3v) is 6.10. The summed E-state index contributed by atoms with van der Waals surface area (Å²) in [7, 11) is 1.47. The van der Waals surface area contributed by atoms with Crippen LogP contribution in [0.3, 0.4) is 0 Å². The maximum atomic E-state index is 12.9. The van der Waals surface area contributed by atoms with Crippen LogP contribution >= 0.6 is 39.3 Å². The first-order chi connectivity index (χ1) is 15.7. The number of terminal acetylenes is 1. The van der Waals surface area contributed by atoms with Crippen molar-refractivity contribution in [1.82, 2.24) is 4.90 Å². The summed E-state index contributed by atoms with van der Waals surface area (Å²) < 4.78 is 11.6. The number of halogens is 2. The molecule has 0 aromatic heterocycles. The number of methoxy groups -OCH3 is 1.